The summed E-state index contributed by atoms with van der Waals surface area (Å²) in [5, 5.41) is 69.0. The normalized spacial score (nSPS) is 8.90. The fraction of sp³-hybridized carbons (Fsp3) is 0.347. The topological polar surface area (TPSA) is 413 Å². The second-order valence-corrected chi connectivity index (χ2v) is 14.0. The van der Waals surface area contributed by atoms with Crippen LogP contribution in [0.1, 0.15) is 85.0 Å². The summed E-state index contributed by atoms with van der Waals surface area (Å²) in [5.41, 5.74) is 10.8. The number of amides is 5. The Labute approximate surface area is 500 Å². The number of terminal acetylenes is 1. The molecule has 3 aromatic rings. The number of benzene rings is 3. The number of urea groups is 2. The molecule has 16 N–H and O–H groups in total. The molecule has 0 heterocycles. The van der Waals surface area contributed by atoms with Gasteiger partial charge in [-0.25, -0.2) is 28.8 Å². The number of anilines is 2. The van der Waals surface area contributed by atoms with Crippen molar-refractivity contribution in [2.75, 3.05) is 64.1 Å². The zero-order valence-electron chi connectivity index (χ0n) is 44.6. The third-order valence-corrected chi connectivity index (χ3v) is 7.85. The minimum absolute atomic E-state index is 0. The Kier molecular flexibility index (Phi) is 62.9. The van der Waals surface area contributed by atoms with Crippen molar-refractivity contribution in [3.8, 4) is 29.6 Å². The summed E-state index contributed by atoms with van der Waals surface area (Å²) in [5.74, 6) is -2.13. The molecule has 0 saturated carbocycles. The van der Waals surface area contributed by atoms with Crippen molar-refractivity contribution in [1.29, 1.82) is 0 Å². The zero-order valence-corrected chi connectivity index (χ0v) is 50.5. The molecule has 3 rings (SSSR count). The summed E-state index contributed by atoms with van der Waals surface area (Å²) in [6.07, 6.45) is 15.3. The van der Waals surface area contributed by atoms with Gasteiger partial charge in [0.25, 0.3) is 0 Å². The number of carbonyl (C=O) groups is 7. The molecule has 5 radical (unpaired) electrons. The maximum atomic E-state index is 11.7. The number of rotatable bonds is 20. The number of aliphatic imine (C=N–C) groups is 1. The number of carboxylic acid groups (broad SMARTS) is 2. The van der Waals surface area contributed by atoms with Crippen LogP contribution in [-0.2, 0) is 66.0 Å². The molecular formula is C49H72B4N9O16W2. The number of nitrogens with two attached hydrogens (primary N) is 2. The quantitative estimate of drug-likeness (QED) is 0.0113. The fourth-order valence-corrected chi connectivity index (χ4v) is 4.58. The van der Waals surface area contributed by atoms with Gasteiger partial charge in [-0.15, -0.1) is 12.3 Å². The van der Waals surface area contributed by atoms with E-state index in [1.54, 1.807) is 25.9 Å². The number of phenols is 3. The van der Waals surface area contributed by atoms with Crippen molar-refractivity contribution in [2.24, 2.45) is 16.5 Å². The Morgan fingerprint density at radius 1 is 0.700 bits per heavy atom. The summed E-state index contributed by atoms with van der Waals surface area (Å²) < 4.78 is 8.91. The number of carbonyl (C=O) groups excluding carboxylic acids is 6. The van der Waals surface area contributed by atoms with Crippen LogP contribution in [0.25, 0.3) is 0 Å². The molecule has 0 bridgehead atoms. The van der Waals surface area contributed by atoms with Crippen molar-refractivity contribution in [3.63, 3.8) is 0 Å². The number of aromatic hydroxyl groups is 3. The van der Waals surface area contributed by atoms with E-state index in [0.29, 0.717) is 38.3 Å². The van der Waals surface area contributed by atoms with Gasteiger partial charge >= 0.3 is 43.0 Å². The number of carboxylic acids is 2. The molecule has 25 nitrogen and oxygen atoms in total. The molecule has 433 valence electrons. The summed E-state index contributed by atoms with van der Waals surface area (Å²) in [4.78, 5) is 90.8. The first kappa shape index (κ1) is 86.7. The molecule has 0 saturated heterocycles. The van der Waals surface area contributed by atoms with Crippen molar-refractivity contribution in [2.45, 2.75) is 60.7 Å². The number of phenolic OH excluding ortho intramolecular Hbond substituents is 2. The van der Waals surface area contributed by atoms with Gasteiger partial charge in [0.2, 0.25) is 12.0 Å². The SMILES string of the molecule is C.C#CC.CB(O)NCCN.CC/C=C\CC(=O)NCCNC(=O)Nc1ccc(O)c(C(=O)O)c1.CC/C=C\CC(=O)O.COC(=O)c1cc(N=C=O)ccc1O.COC(=O)c1cc(NC(=O)NCCN)ccc1O.[B][B][B].[W].[W]. The second-order valence-electron chi connectivity index (χ2n) is 14.0. The van der Waals surface area contributed by atoms with Gasteiger partial charge in [-0.2, -0.15) is 4.99 Å². The standard InChI is InChI=1S/C16H21N3O5.C11H15N3O4.C9H7NO4.C6H10O2.C3H11BN2O.C3H4.CH4.B3.2W/c1-2-3-4-5-14(21)17-8-9-18-16(24)19-11-6-7-13(20)12(10-11)15(22)23;1-18-10(16)8-6-7(2-3-9(8)15)14-11(17)13-5-4-12;1-14-9(13)7-4-6(10-5-11)2-3-8(7)12;1-2-3-4-5-6(7)8;1-4(7)6-3-2-5;1-3-2;;1-3-2;;/h3-4,6-7,10,20H,2,5,8-9H2,1H3,(H,17,21)(H,22,23)(H2,18,19,24);2-3,6,15H,4-5,12H2,1H3,(H2,13,14,17);2-4,12H,1H3;3-4H,2,5H2,1H3,(H,7,8);6-7H,2-3,5H2,1H3;1H,2H3;1H4;;;/b4-3-;;;4-3-;;;;;;. The molecule has 31 heteroatoms. The Bertz CT molecular complexity index is 2400. The number of hydrogen-bond donors (Lipinski definition) is 14. The van der Waals surface area contributed by atoms with Crippen molar-refractivity contribution >= 4 is 94.6 Å². The van der Waals surface area contributed by atoms with E-state index in [9.17, 15) is 53.7 Å². The smallest absolute Gasteiger partial charge is 0.373 e. The second kappa shape index (κ2) is 58.0. The van der Waals surface area contributed by atoms with Crippen LogP contribution in [0.15, 0.2) is 83.9 Å². The van der Waals surface area contributed by atoms with Crippen LogP contribution in [0.5, 0.6) is 17.2 Å². The minimum atomic E-state index is -1.30. The van der Waals surface area contributed by atoms with Crippen LogP contribution >= 0.6 is 0 Å². The van der Waals surface area contributed by atoms with Gasteiger partial charge in [-0.1, -0.05) is 45.6 Å². The minimum Gasteiger partial charge on any atom is -0.507 e. The molecule has 5 amide bonds. The molecule has 0 aliphatic heterocycles. The van der Waals surface area contributed by atoms with E-state index in [-0.39, 0.29) is 120 Å². The van der Waals surface area contributed by atoms with Gasteiger partial charge in [-0.3, -0.25) is 9.59 Å². The van der Waals surface area contributed by atoms with E-state index in [4.69, 9.17) is 26.7 Å². The number of nitrogens with zero attached hydrogens (tertiary/aromatic N) is 1. The van der Waals surface area contributed by atoms with E-state index < -0.39 is 43.0 Å². The largest absolute Gasteiger partial charge is 0.507 e. The Morgan fingerprint density at radius 3 is 1.49 bits per heavy atom. The van der Waals surface area contributed by atoms with Gasteiger partial charge < -0.3 is 83.3 Å². The number of hydrogen-bond acceptors (Lipinski definition) is 18. The van der Waals surface area contributed by atoms with E-state index in [1.807, 2.05) is 26.0 Å². The van der Waals surface area contributed by atoms with Gasteiger partial charge in [0.05, 0.1) is 26.3 Å². The number of allylic oxidation sites excluding steroid dienone is 2. The average molecular weight is 1450 g/mol. The number of ether oxygens (including phenoxy) is 2. The van der Waals surface area contributed by atoms with E-state index in [0.717, 1.165) is 26.0 Å². The Morgan fingerprint density at radius 2 is 1.10 bits per heavy atom. The van der Waals surface area contributed by atoms with Gasteiger partial charge in [0, 0.05) is 115 Å². The van der Waals surface area contributed by atoms with Gasteiger partial charge in [0.15, 0.2) is 0 Å². The Balaban J connectivity index is -0.000000170. The van der Waals surface area contributed by atoms with Gasteiger partial charge in [-0.05, 0) is 87.7 Å². The third-order valence-electron chi connectivity index (χ3n) is 7.85. The fourth-order valence-electron chi connectivity index (χ4n) is 4.58. The molecule has 80 heavy (non-hydrogen) atoms. The maximum absolute atomic E-state index is 11.7. The van der Waals surface area contributed by atoms with Gasteiger partial charge in [0.1, 0.15) is 33.9 Å². The molecule has 0 fully saturated rings. The summed E-state index contributed by atoms with van der Waals surface area (Å²) in [6, 6.07) is 10.7. The molecule has 3 aromatic carbocycles. The molecule has 0 aromatic heterocycles. The van der Waals surface area contributed by atoms with Crippen LogP contribution in [0.4, 0.5) is 26.7 Å². The van der Waals surface area contributed by atoms with Crippen molar-refractivity contribution in [1.82, 2.24) is 21.2 Å². The monoisotopic (exact) mass is 1450 g/mol. The first-order valence-electron chi connectivity index (χ1n) is 22.9. The van der Waals surface area contributed by atoms with Crippen LogP contribution in [0, 0.1) is 12.3 Å². The first-order chi connectivity index (χ1) is 36.6. The van der Waals surface area contributed by atoms with Crippen LogP contribution in [-0.4, -0.2) is 162 Å². The zero-order chi connectivity index (χ0) is 59.6. The molecule has 0 spiro atoms. The van der Waals surface area contributed by atoms with E-state index >= 15 is 0 Å². The summed E-state index contributed by atoms with van der Waals surface area (Å²) in [7, 11) is 12.0. The van der Waals surface area contributed by atoms with Crippen molar-refractivity contribution in [3.05, 3.63) is 95.6 Å². The molecular weight excluding hydrogens is 1380 g/mol. The molecule has 0 aliphatic rings. The maximum Gasteiger partial charge on any atom is 0.373 e. The summed E-state index contributed by atoms with van der Waals surface area (Å²) >= 11 is 0. The number of esters is 2. The molecule has 0 atom stereocenters. The molecule has 0 aliphatic carbocycles. The Hall–Kier alpha value is -7.15. The van der Waals surface area contributed by atoms with Crippen molar-refractivity contribution < 1.29 is 121 Å². The number of nitrogens with one attached hydrogen (secondary N) is 6. The number of isocyanates is 1. The van der Waals surface area contributed by atoms with E-state index in [2.05, 4.69) is 74.1 Å². The average Bonchev–Trinajstić information content (AvgIpc) is 3.39. The van der Waals surface area contributed by atoms with Crippen LogP contribution < -0.4 is 43.3 Å². The number of methoxy groups -OCH3 is 2. The number of aliphatic carboxylic acids is 1. The first-order valence-corrected chi connectivity index (χ1v) is 22.9. The van der Waals surface area contributed by atoms with Crippen LogP contribution in [0.2, 0.25) is 6.82 Å². The predicted molar refractivity (Wildman–Crippen MR) is 303 cm³/mol. The predicted octanol–water partition coefficient (Wildman–Crippen LogP) is 3.29. The van der Waals surface area contributed by atoms with Crippen LogP contribution in [0.3, 0.4) is 0 Å². The molecule has 0 unspecified atom stereocenters. The van der Waals surface area contributed by atoms with E-state index in [1.165, 1.54) is 68.8 Å². The summed E-state index contributed by atoms with van der Waals surface area (Å²) in [6.45, 7) is 9.69. The third kappa shape index (κ3) is 49.2. The number of aromatic carboxylic acids is 1.